The monoisotopic (exact) mass is 322 g/mol. The average Bonchev–Trinajstić information content (AvgIpc) is 3.31. The van der Waals surface area contributed by atoms with Gasteiger partial charge >= 0.3 is 6.09 Å². The molecule has 23 heavy (non-hydrogen) atoms. The van der Waals surface area contributed by atoms with E-state index in [2.05, 4.69) is 5.32 Å². The van der Waals surface area contributed by atoms with E-state index in [0.717, 1.165) is 37.8 Å². The second-order valence-electron chi connectivity index (χ2n) is 8.87. The number of nitrogens with one attached hydrogen (secondary N) is 1. The molecule has 1 saturated heterocycles. The van der Waals surface area contributed by atoms with Gasteiger partial charge in [-0.15, -0.1) is 0 Å². The molecule has 0 bridgehead atoms. The first-order valence-electron chi connectivity index (χ1n) is 9.65. The summed E-state index contributed by atoms with van der Waals surface area (Å²) in [5.74, 6) is 2.04. The van der Waals surface area contributed by atoms with Gasteiger partial charge in [-0.25, -0.2) is 4.79 Å². The van der Waals surface area contributed by atoms with Crippen LogP contribution in [-0.2, 0) is 4.74 Å². The molecule has 0 radical (unpaired) electrons. The molecule has 0 aromatic rings. The summed E-state index contributed by atoms with van der Waals surface area (Å²) in [7, 11) is 0. The van der Waals surface area contributed by atoms with E-state index in [9.17, 15) is 4.79 Å². The zero-order valence-electron chi connectivity index (χ0n) is 15.1. The van der Waals surface area contributed by atoms with E-state index in [4.69, 9.17) is 4.74 Å². The largest absolute Gasteiger partial charge is 0.444 e. The second-order valence-corrected chi connectivity index (χ2v) is 8.87. The molecule has 4 nitrogen and oxygen atoms in total. The fourth-order valence-corrected chi connectivity index (χ4v) is 4.26. The minimum absolute atomic E-state index is 0.151. The molecule has 3 aliphatic rings. The maximum absolute atomic E-state index is 12.1. The van der Waals surface area contributed by atoms with Crippen molar-refractivity contribution < 1.29 is 9.53 Å². The van der Waals surface area contributed by atoms with Crippen molar-refractivity contribution in [3.8, 4) is 0 Å². The van der Waals surface area contributed by atoms with Crippen LogP contribution in [-0.4, -0.2) is 41.8 Å². The van der Waals surface area contributed by atoms with Gasteiger partial charge in [0.2, 0.25) is 0 Å². The van der Waals surface area contributed by atoms with Crippen molar-refractivity contribution in [1.29, 1.82) is 0 Å². The van der Waals surface area contributed by atoms with Crippen LogP contribution in [0.3, 0.4) is 0 Å². The first-order chi connectivity index (χ1) is 10.9. The molecular formula is C19H34N2O2. The fourth-order valence-electron chi connectivity index (χ4n) is 4.26. The standard InChI is InChI=1S/C19H34N2O2/c1-19(2,3)23-18(22)21-11-9-16(10-12-21)20-17-6-4-5-15(13-17)14-7-8-14/h14-17,20H,4-13H2,1-3H3. The summed E-state index contributed by atoms with van der Waals surface area (Å²) < 4.78 is 5.48. The highest BCUT2D eigenvalue weighted by molar-refractivity contribution is 5.68. The van der Waals surface area contributed by atoms with Crippen LogP contribution in [0.2, 0.25) is 0 Å². The minimum Gasteiger partial charge on any atom is -0.444 e. The Morgan fingerprint density at radius 2 is 1.65 bits per heavy atom. The topological polar surface area (TPSA) is 41.6 Å². The summed E-state index contributed by atoms with van der Waals surface area (Å²) in [5.41, 5.74) is -0.397. The Kier molecular flexibility index (Phi) is 5.19. The molecule has 0 aromatic carbocycles. The predicted octanol–water partition coefficient (Wildman–Crippen LogP) is 3.94. The summed E-state index contributed by atoms with van der Waals surface area (Å²) in [6.45, 7) is 7.44. The number of amides is 1. The summed E-state index contributed by atoms with van der Waals surface area (Å²) >= 11 is 0. The summed E-state index contributed by atoms with van der Waals surface area (Å²) in [6.07, 6.45) is 10.5. The lowest BCUT2D eigenvalue weighted by atomic mass is 9.82. The van der Waals surface area contributed by atoms with Gasteiger partial charge < -0.3 is 15.0 Å². The Morgan fingerprint density at radius 3 is 2.26 bits per heavy atom. The van der Waals surface area contributed by atoms with Gasteiger partial charge in [-0.3, -0.25) is 0 Å². The molecule has 2 unspecified atom stereocenters. The molecule has 132 valence electrons. The fraction of sp³-hybridized carbons (Fsp3) is 0.947. The third-order valence-electron chi connectivity index (χ3n) is 5.62. The van der Waals surface area contributed by atoms with Crippen molar-refractivity contribution in [1.82, 2.24) is 10.2 Å². The Labute approximate surface area is 141 Å². The van der Waals surface area contributed by atoms with E-state index in [-0.39, 0.29) is 6.09 Å². The van der Waals surface area contributed by atoms with Crippen LogP contribution < -0.4 is 5.32 Å². The number of carbonyl (C=O) groups excluding carboxylic acids is 1. The van der Waals surface area contributed by atoms with E-state index >= 15 is 0 Å². The maximum atomic E-state index is 12.1. The lowest BCUT2D eigenvalue weighted by Gasteiger charge is -2.37. The summed E-state index contributed by atoms with van der Waals surface area (Å²) in [6, 6.07) is 1.30. The quantitative estimate of drug-likeness (QED) is 0.855. The number of hydrogen-bond acceptors (Lipinski definition) is 3. The van der Waals surface area contributed by atoms with E-state index in [0.29, 0.717) is 12.1 Å². The van der Waals surface area contributed by atoms with E-state index in [1.807, 2.05) is 25.7 Å². The number of hydrogen-bond donors (Lipinski definition) is 1. The van der Waals surface area contributed by atoms with E-state index in [1.165, 1.54) is 38.5 Å². The number of rotatable bonds is 3. The Balaban J connectivity index is 1.39. The smallest absolute Gasteiger partial charge is 0.410 e. The van der Waals surface area contributed by atoms with Gasteiger partial charge in [0.15, 0.2) is 0 Å². The summed E-state index contributed by atoms with van der Waals surface area (Å²) in [5, 5.41) is 3.90. The molecule has 4 heteroatoms. The highest BCUT2D eigenvalue weighted by Gasteiger charge is 2.35. The predicted molar refractivity (Wildman–Crippen MR) is 92.4 cm³/mol. The maximum Gasteiger partial charge on any atom is 0.410 e. The van der Waals surface area contributed by atoms with Crippen molar-refractivity contribution in [3.05, 3.63) is 0 Å². The van der Waals surface area contributed by atoms with Gasteiger partial charge in [-0.05, 0) is 71.1 Å². The lowest BCUT2D eigenvalue weighted by molar-refractivity contribution is 0.0193. The Bertz CT molecular complexity index is 406. The Morgan fingerprint density at radius 1 is 0.957 bits per heavy atom. The number of carbonyl (C=O) groups is 1. The van der Waals surface area contributed by atoms with Gasteiger partial charge in [0.1, 0.15) is 5.60 Å². The molecule has 2 atom stereocenters. The summed E-state index contributed by atoms with van der Waals surface area (Å²) in [4.78, 5) is 14.0. The number of nitrogens with zero attached hydrogens (tertiary/aromatic N) is 1. The molecule has 1 N–H and O–H groups in total. The first kappa shape index (κ1) is 17.1. The van der Waals surface area contributed by atoms with Crippen LogP contribution in [0.25, 0.3) is 0 Å². The molecule has 2 saturated carbocycles. The van der Waals surface area contributed by atoms with E-state index < -0.39 is 5.60 Å². The van der Waals surface area contributed by atoms with Crippen LogP contribution in [0.15, 0.2) is 0 Å². The highest BCUT2D eigenvalue weighted by atomic mass is 16.6. The molecule has 1 amide bonds. The number of piperidine rings is 1. The zero-order chi connectivity index (χ0) is 16.4. The normalized spacial score (nSPS) is 30.3. The molecule has 0 spiro atoms. The third kappa shape index (κ3) is 5.10. The van der Waals surface area contributed by atoms with Crippen LogP contribution in [0, 0.1) is 11.8 Å². The number of likely N-dealkylation sites (tertiary alicyclic amines) is 1. The van der Waals surface area contributed by atoms with E-state index in [1.54, 1.807) is 0 Å². The van der Waals surface area contributed by atoms with Gasteiger partial charge in [-0.2, -0.15) is 0 Å². The van der Waals surface area contributed by atoms with Crippen molar-refractivity contribution in [2.75, 3.05) is 13.1 Å². The molecule has 2 aliphatic carbocycles. The van der Waals surface area contributed by atoms with Gasteiger partial charge in [-0.1, -0.05) is 12.8 Å². The molecular weight excluding hydrogens is 288 g/mol. The molecule has 0 aromatic heterocycles. The van der Waals surface area contributed by atoms with Crippen LogP contribution in [0.1, 0.15) is 72.1 Å². The number of ether oxygens (including phenoxy) is 1. The lowest BCUT2D eigenvalue weighted by Crippen LogP contribution is -2.49. The third-order valence-corrected chi connectivity index (χ3v) is 5.62. The highest BCUT2D eigenvalue weighted by Crippen LogP contribution is 2.44. The van der Waals surface area contributed by atoms with Crippen molar-refractivity contribution in [2.24, 2.45) is 11.8 Å². The van der Waals surface area contributed by atoms with Crippen molar-refractivity contribution in [3.63, 3.8) is 0 Å². The van der Waals surface area contributed by atoms with Gasteiger partial charge in [0.25, 0.3) is 0 Å². The van der Waals surface area contributed by atoms with Crippen molar-refractivity contribution in [2.45, 2.75) is 89.8 Å². The van der Waals surface area contributed by atoms with Gasteiger partial charge in [0.05, 0.1) is 0 Å². The first-order valence-corrected chi connectivity index (χ1v) is 9.65. The van der Waals surface area contributed by atoms with Crippen LogP contribution in [0.5, 0.6) is 0 Å². The molecule has 3 rings (SSSR count). The molecule has 3 fully saturated rings. The van der Waals surface area contributed by atoms with Crippen LogP contribution >= 0.6 is 0 Å². The molecule has 1 aliphatic heterocycles. The van der Waals surface area contributed by atoms with Crippen molar-refractivity contribution >= 4 is 6.09 Å². The average molecular weight is 322 g/mol. The van der Waals surface area contributed by atoms with Crippen LogP contribution in [0.4, 0.5) is 4.79 Å². The second kappa shape index (κ2) is 7.00. The zero-order valence-corrected chi connectivity index (χ0v) is 15.1. The minimum atomic E-state index is -0.397. The Hall–Kier alpha value is -0.770. The van der Waals surface area contributed by atoms with Gasteiger partial charge in [0, 0.05) is 25.2 Å². The molecule has 1 heterocycles. The SMILES string of the molecule is CC(C)(C)OC(=O)N1CCC(NC2CCCC(C3CC3)C2)CC1.